The van der Waals surface area contributed by atoms with Crippen molar-refractivity contribution >= 4 is 12.1 Å². The molecule has 1 aromatic carbocycles. The lowest BCUT2D eigenvalue weighted by molar-refractivity contribution is 0.0198. The zero-order valence-corrected chi connectivity index (χ0v) is 14.3. The molecule has 23 heavy (non-hydrogen) atoms. The highest BCUT2D eigenvalue weighted by atomic mass is 16.6. The molecule has 0 aliphatic carbocycles. The van der Waals surface area contributed by atoms with Gasteiger partial charge in [0.2, 0.25) is 0 Å². The fourth-order valence-electron chi connectivity index (χ4n) is 2.94. The van der Waals surface area contributed by atoms with Gasteiger partial charge in [-0.1, -0.05) is 17.7 Å². The maximum absolute atomic E-state index is 12.3. The third kappa shape index (κ3) is 4.47. The van der Waals surface area contributed by atoms with Crippen LogP contribution >= 0.6 is 0 Å². The van der Waals surface area contributed by atoms with Gasteiger partial charge in [0.15, 0.2) is 0 Å². The zero-order valence-electron chi connectivity index (χ0n) is 14.3. The minimum Gasteiger partial charge on any atom is -0.478 e. The van der Waals surface area contributed by atoms with Crippen LogP contribution in [0.2, 0.25) is 0 Å². The molecule has 1 N–H and O–H groups in total. The van der Waals surface area contributed by atoms with Crippen LogP contribution in [0.1, 0.15) is 61.0 Å². The number of hydrogen-bond donors (Lipinski definition) is 1. The van der Waals surface area contributed by atoms with Crippen LogP contribution in [-0.2, 0) is 4.74 Å². The van der Waals surface area contributed by atoms with E-state index in [4.69, 9.17) is 4.74 Å². The molecule has 0 saturated carbocycles. The Bertz CT molecular complexity index is 604. The van der Waals surface area contributed by atoms with Crippen molar-refractivity contribution in [1.82, 2.24) is 4.90 Å². The van der Waals surface area contributed by atoms with Crippen LogP contribution in [0.3, 0.4) is 0 Å². The molecule has 5 heteroatoms. The summed E-state index contributed by atoms with van der Waals surface area (Å²) in [6, 6.07) is 5.38. The SMILES string of the molecule is Cc1ccc(C(=O)O)c(C2CCCN(C(=O)OC(C)(C)C)C2)c1. The van der Waals surface area contributed by atoms with Crippen molar-refractivity contribution in [3.05, 3.63) is 34.9 Å². The van der Waals surface area contributed by atoms with Crippen molar-refractivity contribution in [2.45, 2.75) is 52.1 Å². The zero-order chi connectivity index (χ0) is 17.2. The summed E-state index contributed by atoms with van der Waals surface area (Å²) in [7, 11) is 0. The maximum Gasteiger partial charge on any atom is 0.410 e. The normalized spacial score (nSPS) is 18.6. The largest absolute Gasteiger partial charge is 0.478 e. The van der Waals surface area contributed by atoms with E-state index in [9.17, 15) is 14.7 Å². The number of likely N-dealkylation sites (tertiary alicyclic amines) is 1. The Morgan fingerprint density at radius 1 is 1.30 bits per heavy atom. The van der Waals surface area contributed by atoms with Gasteiger partial charge in [-0.2, -0.15) is 0 Å². The predicted molar refractivity (Wildman–Crippen MR) is 87.9 cm³/mol. The fraction of sp³-hybridized carbons (Fsp3) is 0.556. The number of benzene rings is 1. The molecule has 1 unspecified atom stereocenters. The van der Waals surface area contributed by atoms with E-state index in [1.54, 1.807) is 17.0 Å². The Balaban J connectivity index is 2.20. The molecule has 1 heterocycles. The molecule has 1 saturated heterocycles. The quantitative estimate of drug-likeness (QED) is 0.900. The van der Waals surface area contributed by atoms with Crippen molar-refractivity contribution in [1.29, 1.82) is 0 Å². The average molecular weight is 319 g/mol. The van der Waals surface area contributed by atoms with Gasteiger partial charge in [0.1, 0.15) is 5.60 Å². The summed E-state index contributed by atoms with van der Waals surface area (Å²) in [5.41, 5.74) is 1.64. The van der Waals surface area contributed by atoms with Crippen LogP contribution in [-0.4, -0.2) is 40.8 Å². The van der Waals surface area contributed by atoms with E-state index in [2.05, 4.69) is 0 Å². The van der Waals surface area contributed by atoms with E-state index in [1.165, 1.54) is 0 Å². The molecule has 1 aliphatic heterocycles. The van der Waals surface area contributed by atoms with E-state index in [0.29, 0.717) is 18.7 Å². The Labute approximate surface area is 137 Å². The van der Waals surface area contributed by atoms with Gasteiger partial charge in [-0.15, -0.1) is 0 Å². The van der Waals surface area contributed by atoms with Crippen LogP contribution in [0.15, 0.2) is 18.2 Å². The number of carboxylic acids is 1. The van der Waals surface area contributed by atoms with Crippen molar-refractivity contribution in [3.8, 4) is 0 Å². The van der Waals surface area contributed by atoms with Crippen LogP contribution in [0.5, 0.6) is 0 Å². The fourth-order valence-corrected chi connectivity index (χ4v) is 2.94. The number of hydrogen-bond acceptors (Lipinski definition) is 3. The summed E-state index contributed by atoms with van der Waals surface area (Å²) in [6.45, 7) is 8.63. The first-order valence-electron chi connectivity index (χ1n) is 7.99. The highest BCUT2D eigenvalue weighted by Crippen LogP contribution is 2.31. The summed E-state index contributed by atoms with van der Waals surface area (Å²) < 4.78 is 5.43. The molecule has 5 nitrogen and oxygen atoms in total. The smallest absolute Gasteiger partial charge is 0.410 e. The molecule has 0 radical (unpaired) electrons. The first kappa shape index (κ1) is 17.3. The Morgan fingerprint density at radius 2 is 2.00 bits per heavy atom. The molecule has 0 aromatic heterocycles. The van der Waals surface area contributed by atoms with E-state index in [-0.39, 0.29) is 12.0 Å². The number of amides is 1. The lowest BCUT2D eigenvalue weighted by atomic mass is 9.86. The lowest BCUT2D eigenvalue weighted by Crippen LogP contribution is -2.42. The summed E-state index contributed by atoms with van der Waals surface area (Å²) >= 11 is 0. The van der Waals surface area contributed by atoms with Gasteiger partial charge in [-0.3, -0.25) is 0 Å². The lowest BCUT2D eigenvalue weighted by Gasteiger charge is -2.34. The second kappa shape index (κ2) is 6.60. The number of aryl methyl sites for hydroxylation is 1. The molecule has 2 rings (SSSR count). The van der Waals surface area contributed by atoms with Gasteiger partial charge in [0.25, 0.3) is 0 Å². The third-order valence-electron chi connectivity index (χ3n) is 3.95. The number of carbonyl (C=O) groups excluding carboxylic acids is 1. The minimum absolute atomic E-state index is 0.0299. The van der Waals surface area contributed by atoms with Gasteiger partial charge in [0, 0.05) is 19.0 Å². The number of carbonyl (C=O) groups is 2. The van der Waals surface area contributed by atoms with Crippen molar-refractivity contribution in [2.75, 3.05) is 13.1 Å². The third-order valence-corrected chi connectivity index (χ3v) is 3.95. The first-order valence-corrected chi connectivity index (χ1v) is 7.99. The molecular formula is C18H25NO4. The van der Waals surface area contributed by atoms with Gasteiger partial charge in [-0.25, -0.2) is 9.59 Å². The molecule has 126 valence electrons. The average Bonchev–Trinajstić information content (AvgIpc) is 2.45. The van der Waals surface area contributed by atoms with Crippen LogP contribution in [0.4, 0.5) is 4.79 Å². The maximum atomic E-state index is 12.3. The van der Waals surface area contributed by atoms with Crippen molar-refractivity contribution in [3.63, 3.8) is 0 Å². The van der Waals surface area contributed by atoms with Gasteiger partial charge in [-0.05, 0) is 52.2 Å². The molecule has 1 aromatic rings. The molecule has 1 amide bonds. The van der Waals surface area contributed by atoms with Gasteiger partial charge in [0.05, 0.1) is 5.56 Å². The topological polar surface area (TPSA) is 66.8 Å². The Morgan fingerprint density at radius 3 is 2.61 bits per heavy atom. The van der Waals surface area contributed by atoms with Crippen LogP contribution < -0.4 is 0 Å². The van der Waals surface area contributed by atoms with E-state index >= 15 is 0 Å². The van der Waals surface area contributed by atoms with Gasteiger partial charge < -0.3 is 14.7 Å². The molecule has 1 atom stereocenters. The number of rotatable bonds is 2. The standard InChI is InChI=1S/C18H25NO4/c1-12-7-8-14(16(20)21)15(10-12)13-6-5-9-19(11-13)17(22)23-18(2,3)4/h7-8,10,13H,5-6,9,11H2,1-4H3,(H,20,21). The summed E-state index contributed by atoms with van der Waals surface area (Å²) in [5, 5.41) is 9.41. The molecule has 0 bridgehead atoms. The minimum atomic E-state index is -0.922. The van der Waals surface area contributed by atoms with E-state index < -0.39 is 11.6 Å². The van der Waals surface area contributed by atoms with Crippen LogP contribution in [0.25, 0.3) is 0 Å². The monoisotopic (exact) mass is 319 g/mol. The van der Waals surface area contributed by atoms with E-state index in [1.807, 2.05) is 33.8 Å². The summed E-state index contributed by atoms with van der Waals surface area (Å²) in [5.74, 6) is -0.892. The van der Waals surface area contributed by atoms with Crippen LogP contribution in [0, 0.1) is 6.92 Å². The summed E-state index contributed by atoms with van der Waals surface area (Å²) in [4.78, 5) is 25.4. The van der Waals surface area contributed by atoms with E-state index in [0.717, 1.165) is 24.0 Å². The van der Waals surface area contributed by atoms with Crippen molar-refractivity contribution in [2.24, 2.45) is 0 Å². The number of aromatic carboxylic acids is 1. The highest BCUT2D eigenvalue weighted by molar-refractivity contribution is 5.89. The highest BCUT2D eigenvalue weighted by Gasteiger charge is 2.30. The number of ether oxygens (including phenoxy) is 1. The Hall–Kier alpha value is -2.04. The predicted octanol–water partition coefficient (Wildman–Crippen LogP) is 3.81. The Kier molecular flexibility index (Phi) is 4.97. The second-order valence-electron chi connectivity index (χ2n) is 7.16. The molecule has 0 spiro atoms. The number of carboxylic acid groups (broad SMARTS) is 1. The summed E-state index contributed by atoms with van der Waals surface area (Å²) in [6.07, 6.45) is 1.40. The molecule has 1 aliphatic rings. The van der Waals surface area contributed by atoms with Gasteiger partial charge >= 0.3 is 12.1 Å². The number of nitrogens with zero attached hydrogens (tertiary/aromatic N) is 1. The molecular weight excluding hydrogens is 294 g/mol. The van der Waals surface area contributed by atoms with Crippen molar-refractivity contribution < 1.29 is 19.4 Å². The molecule has 1 fully saturated rings. The first-order chi connectivity index (χ1) is 10.7. The number of piperidine rings is 1. The second-order valence-corrected chi connectivity index (χ2v) is 7.16.